The second-order valence-corrected chi connectivity index (χ2v) is 9.34. The summed E-state index contributed by atoms with van der Waals surface area (Å²) in [6.45, 7) is 9.65. The number of hydrogen-bond donors (Lipinski definition) is 1. The maximum Gasteiger partial charge on any atom is 0.254 e. The Bertz CT molecular complexity index is 998. The Balaban J connectivity index is 1.54. The molecule has 4 rings (SSSR count). The van der Waals surface area contributed by atoms with Crippen LogP contribution in [0.15, 0.2) is 29.8 Å². The number of aryl methyl sites for hydroxylation is 1. The predicted molar refractivity (Wildman–Crippen MR) is 114 cm³/mol. The molecule has 3 aromatic rings. The lowest BCUT2D eigenvalue weighted by molar-refractivity contribution is 0.0179. The lowest BCUT2D eigenvalue weighted by atomic mass is 10.1. The van der Waals surface area contributed by atoms with Crippen LogP contribution in [0.3, 0.4) is 0 Å². The van der Waals surface area contributed by atoms with Crippen molar-refractivity contribution in [2.45, 2.75) is 32.9 Å². The van der Waals surface area contributed by atoms with Crippen molar-refractivity contribution in [3.8, 4) is 0 Å². The van der Waals surface area contributed by atoms with E-state index in [1.165, 1.54) is 4.88 Å². The zero-order valence-electron chi connectivity index (χ0n) is 17.1. The molecule has 0 bridgehead atoms. The summed E-state index contributed by atoms with van der Waals surface area (Å²) >= 11 is 1.68. The number of fused-ring (bicyclic) bond motifs is 1. The molecule has 0 atom stereocenters. The molecule has 1 fully saturated rings. The molecule has 0 aromatic carbocycles. The van der Waals surface area contributed by atoms with E-state index in [1.807, 2.05) is 47.9 Å². The van der Waals surface area contributed by atoms with E-state index in [-0.39, 0.29) is 5.91 Å². The number of aromatic nitrogens is 3. The predicted octanol–water partition coefficient (Wildman–Crippen LogP) is 2.38. The van der Waals surface area contributed by atoms with Gasteiger partial charge < -0.3 is 10.0 Å². The molecule has 7 nitrogen and oxygen atoms in total. The van der Waals surface area contributed by atoms with Crippen LogP contribution in [0.1, 0.15) is 34.8 Å². The van der Waals surface area contributed by atoms with Crippen LogP contribution >= 0.6 is 11.3 Å². The largest absolute Gasteiger partial charge is 0.389 e. The molecule has 4 heterocycles. The van der Waals surface area contributed by atoms with Crippen molar-refractivity contribution in [2.75, 3.05) is 32.7 Å². The van der Waals surface area contributed by atoms with E-state index >= 15 is 0 Å². The number of amides is 1. The fraction of sp³-hybridized carbons (Fsp3) is 0.476. The molecule has 1 saturated heterocycles. The summed E-state index contributed by atoms with van der Waals surface area (Å²) < 4.78 is 1.87. The van der Waals surface area contributed by atoms with Crippen molar-refractivity contribution in [1.29, 1.82) is 0 Å². The maximum absolute atomic E-state index is 13.3. The van der Waals surface area contributed by atoms with E-state index in [2.05, 4.69) is 21.0 Å². The van der Waals surface area contributed by atoms with Gasteiger partial charge in [-0.15, -0.1) is 11.3 Å². The summed E-state index contributed by atoms with van der Waals surface area (Å²) in [7, 11) is 0. The first-order chi connectivity index (χ1) is 13.8. The van der Waals surface area contributed by atoms with E-state index in [4.69, 9.17) is 0 Å². The lowest BCUT2D eigenvalue weighted by Gasteiger charge is -2.37. The number of β-amino-alcohol motifs (C(OH)–C–C–N with tert-alkyl or cyclic N) is 1. The third-order valence-corrected chi connectivity index (χ3v) is 5.98. The fourth-order valence-electron chi connectivity index (χ4n) is 3.84. The summed E-state index contributed by atoms with van der Waals surface area (Å²) in [4.78, 5) is 23.2. The Morgan fingerprint density at radius 1 is 1.28 bits per heavy atom. The number of carbonyl (C=O) groups excluding carboxylic acids is 1. The molecule has 0 spiro atoms. The summed E-state index contributed by atoms with van der Waals surface area (Å²) in [5.74, 6) is 0.0269. The van der Waals surface area contributed by atoms with Gasteiger partial charge in [-0.2, -0.15) is 5.10 Å². The molecule has 1 aliphatic rings. The SMILES string of the molecule is Cc1cc(C(=O)N2CCN(CC(C)(C)O)CC2)c2cnn(Cc3cccs3)c2n1. The van der Waals surface area contributed by atoms with E-state index in [0.29, 0.717) is 31.7 Å². The molecule has 0 aliphatic carbocycles. The molecule has 1 N–H and O–H groups in total. The minimum atomic E-state index is -0.725. The number of rotatable bonds is 5. The molecule has 154 valence electrons. The van der Waals surface area contributed by atoms with Crippen LogP contribution in [-0.4, -0.2) is 73.9 Å². The van der Waals surface area contributed by atoms with Crippen LogP contribution in [-0.2, 0) is 6.54 Å². The summed E-state index contributed by atoms with van der Waals surface area (Å²) in [6, 6.07) is 5.97. The van der Waals surface area contributed by atoms with Gasteiger partial charge in [-0.25, -0.2) is 9.67 Å². The van der Waals surface area contributed by atoms with Crippen LogP contribution < -0.4 is 0 Å². The standard InChI is InChI=1S/C21H27N5O2S/c1-15-11-17(20(27)25-8-6-24(7-9-25)14-21(2,3)28)18-12-22-26(19(18)23-15)13-16-5-4-10-29-16/h4-5,10-12,28H,6-9,13-14H2,1-3H3. The van der Waals surface area contributed by atoms with Crippen LogP contribution in [0.2, 0.25) is 0 Å². The fourth-order valence-corrected chi connectivity index (χ4v) is 4.53. The molecule has 3 aromatic heterocycles. The number of thiophene rings is 1. The lowest BCUT2D eigenvalue weighted by Crippen LogP contribution is -2.52. The van der Waals surface area contributed by atoms with Crippen molar-refractivity contribution in [3.05, 3.63) is 45.9 Å². The van der Waals surface area contributed by atoms with Gasteiger partial charge in [-0.05, 0) is 38.3 Å². The highest BCUT2D eigenvalue weighted by atomic mass is 32.1. The van der Waals surface area contributed by atoms with Gasteiger partial charge in [-0.3, -0.25) is 9.69 Å². The number of carbonyl (C=O) groups is 1. The van der Waals surface area contributed by atoms with Gasteiger partial charge in [0.2, 0.25) is 0 Å². The van der Waals surface area contributed by atoms with Gasteiger partial charge in [0.05, 0.1) is 29.3 Å². The van der Waals surface area contributed by atoms with Crippen molar-refractivity contribution in [2.24, 2.45) is 0 Å². The zero-order chi connectivity index (χ0) is 20.6. The second-order valence-electron chi connectivity index (χ2n) is 8.31. The Morgan fingerprint density at radius 3 is 2.69 bits per heavy atom. The Morgan fingerprint density at radius 2 is 2.03 bits per heavy atom. The number of hydrogen-bond acceptors (Lipinski definition) is 6. The molecular formula is C21H27N5O2S. The molecular weight excluding hydrogens is 386 g/mol. The Kier molecular flexibility index (Phi) is 5.42. The van der Waals surface area contributed by atoms with Crippen LogP contribution in [0.5, 0.6) is 0 Å². The molecule has 1 amide bonds. The third kappa shape index (κ3) is 4.49. The highest BCUT2D eigenvalue weighted by Crippen LogP contribution is 2.22. The van der Waals surface area contributed by atoms with Gasteiger partial charge in [0.15, 0.2) is 5.65 Å². The summed E-state index contributed by atoms with van der Waals surface area (Å²) in [6.07, 6.45) is 1.76. The van der Waals surface area contributed by atoms with E-state index < -0.39 is 5.60 Å². The van der Waals surface area contributed by atoms with Crippen LogP contribution in [0.4, 0.5) is 0 Å². The van der Waals surface area contributed by atoms with E-state index in [9.17, 15) is 9.90 Å². The summed E-state index contributed by atoms with van der Waals surface area (Å²) in [5, 5.41) is 17.4. The van der Waals surface area contributed by atoms with Gasteiger partial charge >= 0.3 is 0 Å². The highest BCUT2D eigenvalue weighted by Gasteiger charge is 2.27. The Hall–Kier alpha value is -2.29. The van der Waals surface area contributed by atoms with Gasteiger partial charge in [0.1, 0.15) is 0 Å². The number of piperazine rings is 1. The highest BCUT2D eigenvalue weighted by molar-refractivity contribution is 7.09. The number of pyridine rings is 1. The molecule has 29 heavy (non-hydrogen) atoms. The van der Waals surface area contributed by atoms with Crippen molar-refractivity contribution >= 4 is 28.3 Å². The van der Waals surface area contributed by atoms with Crippen LogP contribution in [0.25, 0.3) is 11.0 Å². The smallest absolute Gasteiger partial charge is 0.254 e. The van der Waals surface area contributed by atoms with E-state index in [1.54, 1.807) is 17.5 Å². The minimum absolute atomic E-state index is 0.0269. The maximum atomic E-state index is 13.3. The monoisotopic (exact) mass is 413 g/mol. The van der Waals surface area contributed by atoms with E-state index in [0.717, 1.165) is 29.8 Å². The first-order valence-electron chi connectivity index (χ1n) is 9.90. The summed E-state index contributed by atoms with van der Waals surface area (Å²) in [5.41, 5.74) is 1.51. The van der Waals surface area contributed by atoms with Crippen LogP contribution in [0, 0.1) is 6.92 Å². The van der Waals surface area contributed by atoms with Gasteiger partial charge in [-0.1, -0.05) is 6.07 Å². The van der Waals surface area contributed by atoms with Gasteiger partial charge in [0, 0.05) is 43.3 Å². The number of nitrogens with zero attached hydrogens (tertiary/aromatic N) is 5. The van der Waals surface area contributed by atoms with Gasteiger partial charge in [0.25, 0.3) is 5.91 Å². The second kappa shape index (κ2) is 7.85. The first-order valence-corrected chi connectivity index (χ1v) is 10.8. The molecule has 1 aliphatic heterocycles. The third-order valence-electron chi connectivity index (χ3n) is 5.12. The minimum Gasteiger partial charge on any atom is -0.389 e. The quantitative estimate of drug-likeness (QED) is 0.695. The van der Waals surface area contributed by atoms with Crippen molar-refractivity contribution < 1.29 is 9.90 Å². The normalized spacial score (nSPS) is 15.9. The topological polar surface area (TPSA) is 74.5 Å². The first kappa shape index (κ1) is 20.0. The molecule has 8 heteroatoms. The molecule has 0 saturated carbocycles. The zero-order valence-corrected chi connectivity index (χ0v) is 17.9. The van der Waals surface area contributed by atoms with Crippen molar-refractivity contribution in [1.82, 2.24) is 24.6 Å². The molecule has 0 unspecified atom stereocenters. The molecule has 0 radical (unpaired) electrons. The average molecular weight is 414 g/mol. The average Bonchev–Trinajstić information content (AvgIpc) is 3.31. The Labute approximate surface area is 174 Å². The number of aliphatic hydroxyl groups is 1. The van der Waals surface area contributed by atoms with Crippen molar-refractivity contribution in [3.63, 3.8) is 0 Å².